The summed E-state index contributed by atoms with van der Waals surface area (Å²) in [6.45, 7) is 0. The Morgan fingerprint density at radius 1 is 1.16 bits per heavy atom. The van der Waals surface area contributed by atoms with Gasteiger partial charge in [-0.15, -0.1) is 0 Å². The SMILES string of the molecule is Nc1ccc(C(=O)C2CC2c2ccccc2)cc1Br. The van der Waals surface area contributed by atoms with Crippen LogP contribution >= 0.6 is 15.9 Å². The first-order valence-electron chi connectivity index (χ1n) is 6.31. The highest BCUT2D eigenvalue weighted by Crippen LogP contribution is 2.49. The van der Waals surface area contributed by atoms with Crippen molar-refractivity contribution in [3.63, 3.8) is 0 Å². The minimum Gasteiger partial charge on any atom is -0.398 e. The molecule has 0 aromatic heterocycles. The van der Waals surface area contributed by atoms with E-state index in [1.54, 1.807) is 6.07 Å². The first-order chi connectivity index (χ1) is 9.16. The standard InChI is InChI=1S/C16H14BrNO/c17-14-8-11(6-7-15(14)18)16(19)13-9-12(13)10-4-2-1-3-5-10/h1-8,12-13H,9,18H2. The second-order valence-corrected chi connectivity index (χ2v) is 5.81. The Morgan fingerprint density at radius 3 is 2.58 bits per heavy atom. The lowest BCUT2D eigenvalue weighted by Gasteiger charge is -2.03. The van der Waals surface area contributed by atoms with E-state index in [0.29, 0.717) is 11.6 Å². The zero-order chi connectivity index (χ0) is 13.4. The van der Waals surface area contributed by atoms with Crippen LogP contribution in [-0.4, -0.2) is 5.78 Å². The molecule has 2 nitrogen and oxygen atoms in total. The average Bonchev–Trinajstić information content (AvgIpc) is 3.22. The monoisotopic (exact) mass is 315 g/mol. The zero-order valence-electron chi connectivity index (χ0n) is 10.3. The van der Waals surface area contributed by atoms with E-state index < -0.39 is 0 Å². The van der Waals surface area contributed by atoms with Gasteiger partial charge in [0.25, 0.3) is 0 Å². The summed E-state index contributed by atoms with van der Waals surface area (Å²) in [4.78, 5) is 12.4. The van der Waals surface area contributed by atoms with Crippen molar-refractivity contribution in [1.82, 2.24) is 0 Å². The van der Waals surface area contributed by atoms with E-state index in [2.05, 4.69) is 28.1 Å². The molecule has 2 N–H and O–H groups in total. The second-order valence-electron chi connectivity index (χ2n) is 4.96. The number of nitrogen functional groups attached to an aromatic ring is 1. The fourth-order valence-electron chi connectivity index (χ4n) is 2.45. The molecule has 3 heteroatoms. The van der Waals surface area contributed by atoms with Gasteiger partial charge in [0.1, 0.15) is 0 Å². The van der Waals surface area contributed by atoms with Gasteiger partial charge in [0, 0.05) is 21.6 Å². The fourth-order valence-corrected chi connectivity index (χ4v) is 2.83. The van der Waals surface area contributed by atoms with E-state index in [9.17, 15) is 4.79 Å². The van der Waals surface area contributed by atoms with Gasteiger partial charge in [0.05, 0.1) is 0 Å². The zero-order valence-corrected chi connectivity index (χ0v) is 11.9. The molecule has 0 saturated heterocycles. The smallest absolute Gasteiger partial charge is 0.166 e. The van der Waals surface area contributed by atoms with E-state index in [1.165, 1.54) is 5.56 Å². The molecule has 19 heavy (non-hydrogen) atoms. The number of anilines is 1. The fraction of sp³-hybridized carbons (Fsp3) is 0.188. The Labute approximate surface area is 120 Å². The molecule has 1 fully saturated rings. The molecule has 2 atom stereocenters. The van der Waals surface area contributed by atoms with Crippen molar-refractivity contribution in [3.8, 4) is 0 Å². The van der Waals surface area contributed by atoms with Gasteiger partial charge in [-0.05, 0) is 52.0 Å². The molecule has 0 radical (unpaired) electrons. The quantitative estimate of drug-likeness (QED) is 0.686. The summed E-state index contributed by atoms with van der Waals surface area (Å²) >= 11 is 3.37. The third kappa shape index (κ3) is 2.43. The number of rotatable bonds is 3. The minimum atomic E-state index is 0.123. The summed E-state index contributed by atoms with van der Waals surface area (Å²) in [5.41, 5.74) is 8.40. The molecular formula is C16H14BrNO. The number of benzene rings is 2. The predicted octanol–water partition coefficient (Wildman–Crippen LogP) is 4.02. The Kier molecular flexibility index (Phi) is 3.15. The molecule has 2 aromatic carbocycles. The van der Waals surface area contributed by atoms with Crippen molar-refractivity contribution in [2.45, 2.75) is 12.3 Å². The van der Waals surface area contributed by atoms with Crippen molar-refractivity contribution in [1.29, 1.82) is 0 Å². The molecular weight excluding hydrogens is 302 g/mol. The molecule has 0 amide bonds. The molecule has 2 unspecified atom stereocenters. The molecule has 0 aliphatic heterocycles. The lowest BCUT2D eigenvalue weighted by molar-refractivity contribution is 0.0965. The minimum absolute atomic E-state index is 0.123. The van der Waals surface area contributed by atoms with Crippen LogP contribution in [0.4, 0.5) is 5.69 Å². The lowest BCUT2D eigenvalue weighted by atomic mass is 10.0. The highest BCUT2D eigenvalue weighted by molar-refractivity contribution is 9.10. The number of nitrogens with two attached hydrogens (primary N) is 1. The average molecular weight is 316 g/mol. The lowest BCUT2D eigenvalue weighted by Crippen LogP contribution is -2.03. The number of hydrogen-bond donors (Lipinski definition) is 1. The molecule has 3 rings (SSSR count). The second kappa shape index (κ2) is 4.82. The highest BCUT2D eigenvalue weighted by atomic mass is 79.9. The van der Waals surface area contributed by atoms with E-state index in [0.717, 1.165) is 16.5 Å². The maximum atomic E-state index is 12.4. The van der Waals surface area contributed by atoms with Gasteiger partial charge < -0.3 is 5.73 Å². The first kappa shape index (κ1) is 12.4. The largest absolute Gasteiger partial charge is 0.398 e. The normalized spacial score (nSPS) is 21.1. The van der Waals surface area contributed by atoms with Crippen molar-refractivity contribution in [2.24, 2.45) is 5.92 Å². The number of ketones is 1. The third-order valence-electron chi connectivity index (χ3n) is 3.64. The van der Waals surface area contributed by atoms with Gasteiger partial charge in [-0.25, -0.2) is 0 Å². The number of Topliss-reactive ketones (excluding diaryl/α,β-unsaturated/α-hetero) is 1. The van der Waals surface area contributed by atoms with Crippen LogP contribution in [0.3, 0.4) is 0 Å². The van der Waals surface area contributed by atoms with Crippen molar-refractivity contribution >= 4 is 27.4 Å². The van der Waals surface area contributed by atoms with Crippen molar-refractivity contribution < 1.29 is 4.79 Å². The van der Waals surface area contributed by atoms with Crippen LogP contribution < -0.4 is 5.73 Å². The molecule has 1 aliphatic carbocycles. The maximum absolute atomic E-state index is 12.4. The van der Waals surface area contributed by atoms with E-state index in [-0.39, 0.29) is 11.7 Å². The van der Waals surface area contributed by atoms with Crippen LogP contribution in [-0.2, 0) is 0 Å². The summed E-state index contributed by atoms with van der Waals surface area (Å²) in [6.07, 6.45) is 0.949. The molecule has 0 heterocycles. The molecule has 1 saturated carbocycles. The Balaban J connectivity index is 1.78. The van der Waals surface area contributed by atoms with Crippen LogP contribution in [0, 0.1) is 5.92 Å². The molecule has 0 bridgehead atoms. The van der Waals surface area contributed by atoms with Crippen LogP contribution in [0.1, 0.15) is 28.3 Å². The maximum Gasteiger partial charge on any atom is 0.166 e. The molecule has 0 spiro atoms. The van der Waals surface area contributed by atoms with Gasteiger partial charge in [-0.3, -0.25) is 4.79 Å². The van der Waals surface area contributed by atoms with Crippen molar-refractivity contribution in [3.05, 3.63) is 64.1 Å². The first-order valence-corrected chi connectivity index (χ1v) is 7.10. The third-order valence-corrected chi connectivity index (χ3v) is 4.33. The summed E-state index contributed by atoms with van der Waals surface area (Å²) in [6, 6.07) is 15.6. The molecule has 96 valence electrons. The number of halogens is 1. The van der Waals surface area contributed by atoms with E-state index in [1.807, 2.05) is 30.3 Å². The van der Waals surface area contributed by atoms with Gasteiger partial charge >= 0.3 is 0 Å². The van der Waals surface area contributed by atoms with Gasteiger partial charge in [-0.1, -0.05) is 30.3 Å². The van der Waals surface area contributed by atoms with Crippen LogP contribution in [0.5, 0.6) is 0 Å². The van der Waals surface area contributed by atoms with E-state index in [4.69, 9.17) is 5.73 Å². The van der Waals surface area contributed by atoms with Gasteiger partial charge in [0.15, 0.2) is 5.78 Å². The summed E-state index contributed by atoms with van der Waals surface area (Å²) in [7, 11) is 0. The highest BCUT2D eigenvalue weighted by Gasteiger charge is 2.43. The number of hydrogen-bond acceptors (Lipinski definition) is 2. The van der Waals surface area contributed by atoms with Gasteiger partial charge in [0.2, 0.25) is 0 Å². The Hall–Kier alpha value is -1.61. The Bertz CT molecular complexity index is 624. The molecule has 2 aromatic rings. The number of carbonyl (C=O) groups excluding carboxylic acids is 1. The summed E-state index contributed by atoms with van der Waals surface area (Å²) in [5.74, 6) is 0.720. The summed E-state index contributed by atoms with van der Waals surface area (Å²) in [5, 5.41) is 0. The Morgan fingerprint density at radius 2 is 1.89 bits per heavy atom. The number of carbonyl (C=O) groups is 1. The van der Waals surface area contributed by atoms with E-state index >= 15 is 0 Å². The van der Waals surface area contributed by atoms with Crippen LogP contribution in [0.15, 0.2) is 53.0 Å². The van der Waals surface area contributed by atoms with Crippen LogP contribution in [0.2, 0.25) is 0 Å². The van der Waals surface area contributed by atoms with Crippen LogP contribution in [0.25, 0.3) is 0 Å². The van der Waals surface area contributed by atoms with Gasteiger partial charge in [-0.2, -0.15) is 0 Å². The predicted molar refractivity (Wildman–Crippen MR) is 80.2 cm³/mol. The topological polar surface area (TPSA) is 43.1 Å². The molecule has 1 aliphatic rings. The summed E-state index contributed by atoms with van der Waals surface area (Å²) < 4.78 is 0.787. The van der Waals surface area contributed by atoms with Crippen molar-refractivity contribution in [2.75, 3.05) is 5.73 Å².